The Kier molecular flexibility index (Phi) is 5.85. The van der Waals surface area contributed by atoms with Crippen molar-refractivity contribution in [2.75, 3.05) is 31.2 Å². The van der Waals surface area contributed by atoms with Gasteiger partial charge in [-0.05, 0) is 27.3 Å². The maximum Gasteiger partial charge on any atom is 0.134 e. The Morgan fingerprint density at radius 3 is 2.72 bits per heavy atom. The van der Waals surface area contributed by atoms with Crippen molar-refractivity contribution in [3.05, 3.63) is 11.9 Å². The van der Waals surface area contributed by atoms with E-state index in [1.165, 1.54) is 6.33 Å². The third-order valence-corrected chi connectivity index (χ3v) is 3.12. The highest BCUT2D eigenvalue weighted by atomic mass is 15.1. The van der Waals surface area contributed by atoms with E-state index in [1.54, 1.807) is 0 Å². The van der Waals surface area contributed by atoms with Crippen molar-refractivity contribution in [3.8, 4) is 0 Å². The monoisotopic (exact) mass is 251 g/mol. The van der Waals surface area contributed by atoms with Gasteiger partial charge in [-0.2, -0.15) is 0 Å². The van der Waals surface area contributed by atoms with Crippen LogP contribution in [0.4, 0.5) is 11.6 Å². The molecule has 0 aliphatic carbocycles. The van der Waals surface area contributed by atoms with Crippen molar-refractivity contribution >= 4 is 11.6 Å². The first-order chi connectivity index (χ1) is 8.56. The second-order valence-electron chi connectivity index (χ2n) is 4.84. The molecule has 0 spiro atoms. The largest absolute Gasteiger partial charge is 0.383 e. The summed E-state index contributed by atoms with van der Waals surface area (Å²) in [6.45, 7) is 8.34. The average molecular weight is 251 g/mol. The topological polar surface area (TPSA) is 67.1 Å². The molecule has 5 nitrogen and oxygen atoms in total. The van der Waals surface area contributed by atoms with E-state index in [9.17, 15) is 0 Å². The molecule has 0 radical (unpaired) electrons. The minimum Gasteiger partial charge on any atom is -0.383 e. The summed E-state index contributed by atoms with van der Waals surface area (Å²) in [6, 6.07) is 0.553. The molecule has 5 heteroatoms. The van der Waals surface area contributed by atoms with E-state index in [1.807, 2.05) is 0 Å². The molecule has 0 fully saturated rings. The van der Waals surface area contributed by atoms with E-state index in [0.717, 1.165) is 37.3 Å². The molecule has 1 heterocycles. The van der Waals surface area contributed by atoms with Gasteiger partial charge in [0.25, 0.3) is 0 Å². The van der Waals surface area contributed by atoms with E-state index in [0.29, 0.717) is 11.9 Å². The molecular weight excluding hydrogens is 226 g/mol. The number of nitrogens with two attached hydrogens (primary N) is 1. The summed E-state index contributed by atoms with van der Waals surface area (Å²) in [5, 5.41) is 3.35. The highest BCUT2D eigenvalue weighted by Crippen LogP contribution is 2.18. The van der Waals surface area contributed by atoms with Gasteiger partial charge in [-0.3, -0.25) is 0 Å². The lowest BCUT2D eigenvalue weighted by atomic mass is 10.1. The summed E-state index contributed by atoms with van der Waals surface area (Å²) in [7, 11) is 2.12. The predicted octanol–water partition coefficient (Wildman–Crippen LogP) is 1.76. The molecule has 1 aromatic heterocycles. The summed E-state index contributed by atoms with van der Waals surface area (Å²) in [6.07, 6.45) is 3.47. The molecular formula is C13H25N5. The summed E-state index contributed by atoms with van der Waals surface area (Å²) < 4.78 is 0. The van der Waals surface area contributed by atoms with E-state index >= 15 is 0 Å². The highest BCUT2D eigenvalue weighted by Gasteiger charge is 2.08. The van der Waals surface area contributed by atoms with Crippen molar-refractivity contribution in [2.45, 2.75) is 39.7 Å². The van der Waals surface area contributed by atoms with Crippen LogP contribution in [0.2, 0.25) is 0 Å². The summed E-state index contributed by atoms with van der Waals surface area (Å²) in [5.41, 5.74) is 6.92. The third-order valence-electron chi connectivity index (χ3n) is 3.12. The number of nitrogens with one attached hydrogen (secondary N) is 1. The van der Waals surface area contributed by atoms with Gasteiger partial charge < -0.3 is 16.0 Å². The van der Waals surface area contributed by atoms with Crippen LogP contribution in [-0.2, 0) is 6.42 Å². The number of hydrogen-bond donors (Lipinski definition) is 2. The van der Waals surface area contributed by atoms with Gasteiger partial charge in [-0.25, -0.2) is 9.97 Å². The van der Waals surface area contributed by atoms with Crippen molar-refractivity contribution in [1.29, 1.82) is 0 Å². The summed E-state index contributed by atoms with van der Waals surface area (Å²) in [5.74, 6) is 1.47. The standard InChI is InChI=1S/C13H25N5/c1-5-6-11-12(14)16-9-17-13(11)15-7-8-18(4)10(2)3/h9-10H,5-8H2,1-4H3,(H3,14,15,16,17). The van der Waals surface area contributed by atoms with Crippen LogP contribution in [0.3, 0.4) is 0 Å². The van der Waals surface area contributed by atoms with Crippen LogP contribution >= 0.6 is 0 Å². The number of hydrogen-bond acceptors (Lipinski definition) is 5. The molecule has 102 valence electrons. The zero-order chi connectivity index (χ0) is 13.5. The van der Waals surface area contributed by atoms with Gasteiger partial charge >= 0.3 is 0 Å². The van der Waals surface area contributed by atoms with Gasteiger partial charge in [-0.15, -0.1) is 0 Å². The smallest absolute Gasteiger partial charge is 0.134 e. The molecule has 0 bridgehead atoms. The molecule has 1 rings (SSSR count). The zero-order valence-corrected chi connectivity index (χ0v) is 11.9. The van der Waals surface area contributed by atoms with Crippen molar-refractivity contribution in [1.82, 2.24) is 14.9 Å². The Bertz CT molecular complexity index is 364. The fourth-order valence-electron chi connectivity index (χ4n) is 1.68. The van der Waals surface area contributed by atoms with Gasteiger partial charge in [0.15, 0.2) is 0 Å². The Morgan fingerprint density at radius 2 is 2.11 bits per heavy atom. The minimum atomic E-state index is 0.553. The van der Waals surface area contributed by atoms with Crippen molar-refractivity contribution < 1.29 is 0 Å². The lowest BCUT2D eigenvalue weighted by Crippen LogP contribution is -2.31. The van der Waals surface area contributed by atoms with Crippen LogP contribution in [0.1, 0.15) is 32.8 Å². The van der Waals surface area contributed by atoms with E-state index in [2.05, 4.69) is 48.0 Å². The first-order valence-electron chi connectivity index (χ1n) is 6.59. The maximum atomic E-state index is 5.89. The van der Waals surface area contributed by atoms with E-state index in [-0.39, 0.29) is 0 Å². The number of aromatic nitrogens is 2. The Hall–Kier alpha value is -1.36. The van der Waals surface area contributed by atoms with Gasteiger partial charge in [0, 0.05) is 24.7 Å². The maximum absolute atomic E-state index is 5.89. The van der Waals surface area contributed by atoms with Gasteiger partial charge in [-0.1, -0.05) is 13.3 Å². The van der Waals surface area contributed by atoms with Crippen molar-refractivity contribution in [3.63, 3.8) is 0 Å². The minimum absolute atomic E-state index is 0.553. The number of rotatable bonds is 7. The number of nitrogen functional groups attached to an aromatic ring is 1. The quantitative estimate of drug-likeness (QED) is 0.773. The second kappa shape index (κ2) is 7.16. The van der Waals surface area contributed by atoms with Crippen LogP contribution in [0.25, 0.3) is 0 Å². The average Bonchev–Trinajstić information content (AvgIpc) is 2.33. The van der Waals surface area contributed by atoms with E-state index in [4.69, 9.17) is 5.73 Å². The van der Waals surface area contributed by atoms with Crippen LogP contribution in [0, 0.1) is 0 Å². The molecule has 0 aromatic carbocycles. The molecule has 0 aliphatic rings. The SMILES string of the molecule is CCCc1c(N)ncnc1NCCN(C)C(C)C. The number of nitrogens with zero attached hydrogens (tertiary/aromatic N) is 3. The van der Waals surface area contributed by atoms with Crippen LogP contribution in [0.5, 0.6) is 0 Å². The van der Waals surface area contributed by atoms with Crippen LogP contribution in [0.15, 0.2) is 6.33 Å². The molecule has 0 aliphatic heterocycles. The van der Waals surface area contributed by atoms with Crippen LogP contribution < -0.4 is 11.1 Å². The molecule has 0 saturated heterocycles. The molecule has 0 amide bonds. The second-order valence-corrected chi connectivity index (χ2v) is 4.84. The first-order valence-corrected chi connectivity index (χ1v) is 6.59. The van der Waals surface area contributed by atoms with Crippen LogP contribution in [-0.4, -0.2) is 41.0 Å². The zero-order valence-electron chi connectivity index (χ0n) is 11.9. The first kappa shape index (κ1) is 14.7. The lowest BCUT2D eigenvalue weighted by molar-refractivity contribution is 0.284. The molecule has 18 heavy (non-hydrogen) atoms. The van der Waals surface area contributed by atoms with Gasteiger partial charge in [0.1, 0.15) is 18.0 Å². The van der Waals surface area contributed by atoms with Crippen molar-refractivity contribution in [2.24, 2.45) is 0 Å². The lowest BCUT2D eigenvalue weighted by Gasteiger charge is -2.21. The fourth-order valence-corrected chi connectivity index (χ4v) is 1.68. The Balaban J connectivity index is 2.59. The van der Waals surface area contributed by atoms with Gasteiger partial charge in [0.2, 0.25) is 0 Å². The molecule has 0 atom stereocenters. The number of likely N-dealkylation sites (N-methyl/N-ethyl adjacent to an activating group) is 1. The van der Waals surface area contributed by atoms with Gasteiger partial charge in [0.05, 0.1) is 0 Å². The number of anilines is 2. The predicted molar refractivity (Wildman–Crippen MR) is 76.7 cm³/mol. The normalized spacial score (nSPS) is 11.2. The summed E-state index contributed by atoms with van der Waals surface area (Å²) in [4.78, 5) is 10.6. The molecule has 0 saturated carbocycles. The Labute approximate surface area is 110 Å². The van der Waals surface area contributed by atoms with E-state index < -0.39 is 0 Å². The molecule has 3 N–H and O–H groups in total. The fraction of sp³-hybridized carbons (Fsp3) is 0.692. The third kappa shape index (κ3) is 4.14. The summed E-state index contributed by atoms with van der Waals surface area (Å²) >= 11 is 0. The highest BCUT2D eigenvalue weighted by molar-refractivity contribution is 5.54. The molecule has 1 aromatic rings. The molecule has 0 unspecified atom stereocenters. The Morgan fingerprint density at radius 1 is 1.39 bits per heavy atom.